The van der Waals surface area contributed by atoms with Crippen LogP contribution in [0, 0.1) is 0 Å². The molecule has 16 heavy (non-hydrogen) atoms. The molecule has 0 aromatic rings. The van der Waals surface area contributed by atoms with Crippen molar-refractivity contribution >= 4 is 17.7 Å². The number of ether oxygens (including phenoxy) is 1. The first-order valence-electron chi connectivity index (χ1n) is 5.86. The van der Waals surface area contributed by atoms with Crippen LogP contribution in [0.25, 0.3) is 0 Å². The maximum absolute atomic E-state index is 10.7. The Hall–Kier alpha value is -0.260. The molecule has 2 fully saturated rings. The Bertz CT molecular complexity index is 262. The van der Waals surface area contributed by atoms with Crippen molar-refractivity contribution in [2.45, 2.75) is 37.2 Å². The zero-order valence-electron chi connectivity index (χ0n) is 9.59. The van der Waals surface area contributed by atoms with Crippen LogP contribution in [0.5, 0.6) is 0 Å². The van der Waals surface area contributed by atoms with E-state index in [4.69, 9.17) is 9.84 Å². The number of carboxylic acid groups (broad SMARTS) is 1. The summed E-state index contributed by atoms with van der Waals surface area (Å²) in [6.07, 6.45) is 1.24. The fourth-order valence-corrected chi connectivity index (χ4v) is 3.84. The minimum Gasteiger partial charge on any atom is -0.481 e. The molecular formula is C11H19NO3S. The lowest BCUT2D eigenvalue weighted by molar-refractivity contribution is -0.142. The fraction of sp³-hybridized carbons (Fsp3) is 0.909. The van der Waals surface area contributed by atoms with Gasteiger partial charge in [0.2, 0.25) is 0 Å². The van der Waals surface area contributed by atoms with Crippen LogP contribution in [0.2, 0.25) is 0 Å². The molecule has 4 nitrogen and oxygen atoms in total. The normalized spacial score (nSPS) is 36.4. The van der Waals surface area contributed by atoms with E-state index in [0.717, 1.165) is 13.1 Å². The maximum atomic E-state index is 10.7. The van der Waals surface area contributed by atoms with E-state index in [9.17, 15) is 4.79 Å². The van der Waals surface area contributed by atoms with Gasteiger partial charge in [-0.05, 0) is 12.2 Å². The van der Waals surface area contributed by atoms with Crippen LogP contribution in [0.15, 0.2) is 0 Å². The minimum atomic E-state index is -0.763. The van der Waals surface area contributed by atoms with Crippen molar-refractivity contribution in [3.63, 3.8) is 0 Å². The molecule has 92 valence electrons. The molecule has 2 aliphatic rings. The van der Waals surface area contributed by atoms with Crippen LogP contribution in [-0.4, -0.2) is 58.8 Å². The van der Waals surface area contributed by atoms with Crippen molar-refractivity contribution < 1.29 is 14.6 Å². The van der Waals surface area contributed by atoms with Crippen LogP contribution in [0.1, 0.15) is 19.8 Å². The second kappa shape index (κ2) is 5.38. The molecule has 0 spiro atoms. The largest absolute Gasteiger partial charge is 0.481 e. The van der Waals surface area contributed by atoms with Gasteiger partial charge in [-0.15, -0.1) is 0 Å². The molecule has 0 aromatic carbocycles. The summed E-state index contributed by atoms with van der Waals surface area (Å²) in [5, 5.41) is 9.44. The third-order valence-electron chi connectivity index (χ3n) is 3.38. The van der Waals surface area contributed by atoms with Gasteiger partial charge < -0.3 is 9.84 Å². The fourth-order valence-electron chi connectivity index (χ4n) is 2.56. The Morgan fingerprint density at radius 3 is 3.06 bits per heavy atom. The summed E-state index contributed by atoms with van der Waals surface area (Å²) in [6.45, 7) is 4.67. The predicted molar refractivity (Wildman–Crippen MR) is 63.9 cm³/mol. The van der Waals surface area contributed by atoms with E-state index in [1.807, 2.05) is 11.8 Å². The average molecular weight is 245 g/mol. The first-order chi connectivity index (χ1) is 7.66. The molecule has 2 rings (SSSR count). The van der Waals surface area contributed by atoms with Gasteiger partial charge >= 0.3 is 5.97 Å². The monoisotopic (exact) mass is 245 g/mol. The topological polar surface area (TPSA) is 49.8 Å². The quantitative estimate of drug-likeness (QED) is 0.805. The van der Waals surface area contributed by atoms with E-state index >= 15 is 0 Å². The van der Waals surface area contributed by atoms with Gasteiger partial charge in [0.15, 0.2) is 0 Å². The van der Waals surface area contributed by atoms with E-state index < -0.39 is 5.97 Å². The molecule has 2 saturated heterocycles. The van der Waals surface area contributed by atoms with Crippen molar-refractivity contribution in [3.8, 4) is 0 Å². The van der Waals surface area contributed by atoms with Gasteiger partial charge in [0.25, 0.3) is 0 Å². The number of rotatable bonds is 3. The number of hydrogen-bond donors (Lipinski definition) is 1. The van der Waals surface area contributed by atoms with Gasteiger partial charge in [-0.25, -0.2) is 0 Å². The molecule has 3 unspecified atom stereocenters. The number of thioether (sulfide) groups is 1. The molecule has 3 atom stereocenters. The summed E-state index contributed by atoms with van der Waals surface area (Å²) in [4.78, 5) is 13.1. The molecule has 0 amide bonds. The highest BCUT2D eigenvalue weighted by Crippen LogP contribution is 2.31. The van der Waals surface area contributed by atoms with Gasteiger partial charge in [0, 0.05) is 24.4 Å². The predicted octanol–water partition coefficient (Wildman–Crippen LogP) is 1.06. The number of aliphatic carboxylic acids is 1. The summed E-state index contributed by atoms with van der Waals surface area (Å²) in [5.74, 6) is 0.466. The second-order valence-electron chi connectivity index (χ2n) is 4.52. The molecule has 1 N–H and O–H groups in total. The molecule has 2 aliphatic heterocycles. The van der Waals surface area contributed by atoms with Crippen molar-refractivity contribution in [2.75, 3.05) is 25.4 Å². The van der Waals surface area contributed by atoms with E-state index in [0.29, 0.717) is 17.9 Å². The van der Waals surface area contributed by atoms with Gasteiger partial charge in [-0.3, -0.25) is 9.69 Å². The van der Waals surface area contributed by atoms with E-state index in [1.165, 1.54) is 12.2 Å². The van der Waals surface area contributed by atoms with Gasteiger partial charge in [0.05, 0.1) is 19.1 Å². The first kappa shape index (κ1) is 12.2. The highest BCUT2D eigenvalue weighted by Gasteiger charge is 2.33. The number of hydrogen-bond acceptors (Lipinski definition) is 4. The van der Waals surface area contributed by atoms with Gasteiger partial charge in [0.1, 0.15) is 0 Å². The Morgan fingerprint density at radius 1 is 1.62 bits per heavy atom. The zero-order valence-corrected chi connectivity index (χ0v) is 10.4. The number of carbonyl (C=O) groups is 1. The number of nitrogens with zero attached hydrogens (tertiary/aromatic N) is 1. The summed E-state index contributed by atoms with van der Waals surface area (Å²) >= 11 is 2.02. The highest BCUT2D eigenvalue weighted by molar-refractivity contribution is 8.00. The van der Waals surface area contributed by atoms with Crippen molar-refractivity contribution in [1.29, 1.82) is 0 Å². The Morgan fingerprint density at radius 2 is 2.44 bits per heavy atom. The third-order valence-corrected chi connectivity index (χ3v) is 4.69. The van der Waals surface area contributed by atoms with Crippen LogP contribution in [0.4, 0.5) is 0 Å². The highest BCUT2D eigenvalue weighted by atomic mass is 32.2. The first-order valence-corrected chi connectivity index (χ1v) is 6.90. The second-order valence-corrected chi connectivity index (χ2v) is 6.00. The van der Waals surface area contributed by atoms with Gasteiger partial charge in [-0.1, -0.05) is 6.92 Å². The molecule has 2 heterocycles. The van der Waals surface area contributed by atoms with Crippen LogP contribution in [0.3, 0.4) is 0 Å². The Labute approximate surface area is 100 Å². The minimum absolute atomic E-state index is 0.121. The summed E-state index contributed by atoms with van der Waals surface area (Å²) in [5.41, 5.74) is 0. The Balaban J connectivity index is 1.88. The van der Waals surface area contributed by atoms with Crippen molar-refractivity contribution in [2.24, 2.45) is 0 Å². The molecule has 0 saturated carbocycles. The van der Waals surface area contributed by atoms with Crippen LogP contribution >= 0.6 is 11.8 Å². The van der Waals surface area contributed by atoms with Crippen molar-refractivity contribution in [1.82, 2.24) is 4.90 Å². The molecule has 0 radical (unpaired) electrons. The standard InChI is InChI=1S/C11H19NO3S/c1-8-10(2-5-16-8)12-3-4-15-9(7-12)6-11(13)14/h8-10H,2-7H2,1H3,(H,13,14). The lowest BCUT2D eigenvalue weighted by Crippen LogP contribution is -2.49. The molecule has 0 bridgehead atoms. The summed E-state index contributed by atoms with van der Waals surface area (Å²) < 4.78 is 5.48. The van der Waals surface area contributed by atoms with E-state index in [2.05, 4.69) is 11.8 Å². The van der Waals surface area contributed by atoms with Gasteiger partial charge in [-0.2, -0.15) is 11.8 Å². The van der Waals surface area contributed by atoms with E-state index in [-0.39, 0.29) is 12.5 Å². The third kappa shape index (κ3) is 2.90. The smallest absolute Gasteiger partial charge is 0.306 e. The Kier molecular flexibility index (Phi) is 4.10. The lowest BCUT2D eigenvalue weighted by atomic mass is 10.1. The molecule has 0 aromatic heterocycles. The maximum Gasteiger partial charge on any atom is 0.306 e. The van der Waals surface area contributed by atoms with E-state index in [1.54, 1.807) is 0 Å². The summed E-state index contributed by atoms with van der Waals surface area (Å²) in [7, 11) is 0. The SMILES string of the molecule is CC1SCCC1N1CCOC(CC(=O)O)C1. The van der Waals surface area contributed by atoms with Crippen LogP contribution in [-0.2, 0) is 9.53 Å². The lowest BCUT2D eigenvalue weighted by Gasteiger charge is -2.37. The molecular weight excluding hydrogens is 226 g/mol. The van der Waals surface area contributed by atoms with Crippen molar-refractivity contribution in [3.05, 3.63) is 0 Å². The molecule has 5 heteroatoms. The molecule has 0 aliphatic carbocycles. The zero-order chi connectivity index (χ0) is 11.5. The summed E-state index contributed by atoms with van der Waals surface area (Å²) in [6, 6.07) is 0.616. The number of carboxylic acids is 1. The van der Waals surface area contributed by atoms with Crippen LogP contribution < -0.4 is 0 Å². The average Bonchev–Trinajstić information content (AvgIpc) is 2.64. The number of morpholine rings is 1.